The average molecular weight is 676 g/mol. The number of likely N-dealkylation sites (tertiary alicyclic amines) is 1. The van der Waals surface area contributed by atoms with Crippen LogP contribution in [0.4, 0.5) is 0 Å². The number of fused-ring (bicyclic) bond motifs is 2. The standard InChI is InChI=1S/C39H49NO9/c1-5-40-21-36(49-35(43)26-9-7-6-8-23(26)16-29(42)22-10-12-25(46-2)13-11-22)15-14-24(20-41)38-31(36)18-28(33(38)40)37(44)19-30(47-3)27-17-32(38)39(37,45)34(27)48-4/h6-13,24,27-28,30-34,41,44-45H,5,14-21H2,1-4H3/t24-,27-,28+,30+,31?,32?,33?,34+,36-,37+,38+,39+/m1/s1. The summed E-state index contributed by atoms with van der Waals surface area (Å²) in [6, 6.07) is 14.0. The highest BCUT2D eigenvalue weighted by Crippen LogP contribution is 2.80. The number of methoxy groups -OCH3 is 3. The molecule has 2 aromatic rings. The Bertz CT molecular complexity index is 1630. The third-order valence-corrected chi connectivity index (χ3v) is 14.4. The van der Waals surface area contributed by atoms with E-state index in [2.05, 4.69) is 11.8 Å². The molecule has 3 N–H and O–H groups in total. The maximum atomic E-state index is 14.4. The van der Waals surface area contributed by atoms with E-state index in [1.807, 2.05) is 6.07 Å². The van der Waals surface area contributed by atoms with Crippen LogP contribution >= 0.6 is 0 Å². The van der Waals surface area contributed by atoms with Crippen molar-refractivity contribution in [2.24, 2.45) is 35.0 Å². The molecular formula is C39H49NO9. The molecule has 8 rings (SSSR count). The van der Waals surface area contributed by atoms with Crippen molar-refractivity contribution >= 4 is 11.8 Å². The number of likely N-dealkylation sites (N-methyl/N-ethyl adjacent to an activating group) is 1. The second-order valence-corrected chi connectivity index (χ2v) is 15.6. The van der Waals surface area contributed by atoms with Gasteiger partial charge in [-0.1, -0.05) is 25.1 Å². The van der Waals surface area contributed by atoms with Gasteiger partial charge in [-0.15, -0.1) is 0 Å². The maximum absolute atomic E-state index is 14.4. The number of Topliss-reactive ketones (excluding diaryl/α,β-unsaturated/α-hetero) is 1. The van der Waals surface area contributed by atoms with E-state index in [4.69, 9.17) is 18.9 Å². The number of hydrogen-bond donors (Lipinski definition) is 3. The predicted molar refractivity (Wildman–Crippen MR) is 178 cm³/mol. The molecule has 5 aliphatic carbocycles. The summed E-state index contributed by atoms with van der Waals surface area (Å²) in [5, 5.41) is 37.0. The first-order valence-corrected chi connectivity index (χ1v) is 17.9. The second-order valence-electron chi connectivity index (χ2n) is 15.6. The van der Waals surface area contributed by atoms with E-state index in [1.54, 1.807) is 63.8 Å². The van der Waals surface area contributed by atoms with Gasteiger partial charge in [-0.25, -0.2) is 4.79 Å². The van der Waals surface area contributed by atoms with Gasteiger partial charge < -0.3 is 34.3 Å². The number of nitrogens with zero attached hydrogens (tertiary/aromatic N) is 1. The summed E-state index contributed by atoms with van der Waals surface area (Å²) in [4.78, 5) is 30.2. The summed E-state index contributed by atoms with van der Waals surface area (Å²) in [6.45, 7) is 3.24. The number of aliphatic hydroxyl groups excluding tert-OH is 1. The molecule has 1 spiro atoms. The lowest BCUT2D eigenvalue weighted by Gasteiger charge is -2.71. The predicted octanol–water partition coefficient (Wildman–Crippen LogP) is 3.29. The van der Waals surface area contributed by atoms with E-state index >= 15 is 0 Å². The molecule has 3 unspecified atom stereocenters. The number of benzene rings is 2. The van der Waals surface area contributed by atoms with Crippen molar-refractivity contribution in [2.75, 3.05) is 41.0 Å². The number of rotatable bonds is 10. The fraction of sp³-hybridized carbons (Fsp3) is 0.641. The molecule has 10 heteroatoms. The number of hydrogen-bond acceptors (Lipinski definition) is 10. The van der Waals surface area contributed by atoms with Gasteiger partial charge in [0, 0.05) is 80.9 Å². The van der Waals surface area contributed by atoms with Crippen molar-refractivity contribution in [1.82, 2.24) is 4.90 Å². The number of carbonyl (C=O) groups is 2. The maximum Gasteiger partial charge on any atom is 0.339 e. The molecule has 1 heterocycles. The van der Waals surface area contributed by atoms with Crippen LogP contribution in [0.1, 0.15) is 65.3 Å². The van der Waals surface area contributed by atoms with Gasteiger partial charge in [0.1, 0.15) is 22.6 Å². The Labute approximate surface area is 287 Å². The van der Waals surface area contributed by atoms with Gasteiger partial charge in [0.2, 0.25) is 0 Å². The summed E-state index contributed by atoms with van der Waals surface area (Å²) in [5.41, 5.74) is -3.01. The zero-order valence-corrected chi connectivity index (χ0v) is 28.8. The normalized spacial score (nSPS) is 42.9. The molecule has 0 radical (unpaired) electrons. The van der Waals surface area contributed by atoms with Crippen LogP contribution < -0.4 is 4.74 Å². The average Bonchev–Trinajstić information content (AvgIpc) is 3.54. The topological polar surface area (TPSA) is 135 Å². The van der Waals surface area contributed by atoms with Gasteiger partial charge >= 0.3 is 5.97 Å². The van der Waals surface area contributed by atoms with Crippen molar-refractivity contribution in [3.63, 3.8) is 0 Å². The van der Waals surface area contributed by atoms with E-state index in [-0.39, 0.29) is 60.5 Å². The van der Waals surface area contributed by atoms with Crippen LogP contribution in [0.5, 0.6) is 5.75 Å². The van der Waals surface area contributed by atoms with E-state index < -0.39 is 34.3 Å². The summed E-state index contributed by atoms with van der Waals surface area (Å²) in [5.74, 6) is -1.06. The van der Waals surface area contributed by atoms with Crippen molar-refractivity contribution in [3.8, 4) is 5.75 Å². The second kappa shape index (κ2) is 11.6. The van der Waals surface area contributed by atoms with Crippen molar-refractivity contribution in [2.45, 2.75) is 80.5 Å². The molecule has 1 saturated heterocycles. The van der Waals surface area contributed by atoms with Crippen LogP contribution in [0.15, 0.2) is 48.5 Å². The Morgan fingerprint density at radius 3 is 2.41 bits per heavy atom. The van der Waals surface area contributed by atoms with Crippen LogP contribution in [0.25, 0.3) is 0 Å². The van der Waals surface area contributed by atoms with Gasteiger partial charge in [0.25, 0.3) is 0 Å². The molecule has 264 valence electrons. The van der Waals surface area contributed by atoms with Crippen LogP contribution in [0, 0.1) is 35.0 Å². The number of ketones is 1. The number of esters is 1. The molecule has 1 aliphatic heterocycles. The lowest BCUT2D eigenvalue weighted by Crippen LogP contribution is -2.82. The minimum absolute atomic E-state index is 0.0401. The molecule has 10 nitrogen and oxygen atoms in total. The Morgan fingerprint density at radius 2 is 1.73 bits per heavy atom. The Hall–Kier alpha value is -2.86. The number of carbonyl (C=O) groups excluding carboxylic acids is 2. The quantitative estimate of drug-likeness (QED) is 0.255. The molecule has 0 aromatic heterocycles. The molecule has 0 amide bonds. The highest BCUT2D eigenvalue weighted by atomic mass is 16.6. The third-order valence-electron chi connectivity index (χ3n) is 14.4. The zero-order chi connectivity index (χ0) is 34.5. The zero-order valence-electron chi connectivity index (χ0n) is 28.8. The SMILES string of the molecule is CCN1C[C@]2(OC(=O)c3ccccc3CC(=O)c3ccc(OC)cc3)CC[C@H](CO)[C@]34C1[C@H](CC23)[C@@]1(O)C[C@H](OC)[C@H]2CC4[C@]1(O)[C@H]2OC. The fourth-order valence-corrected chi connectivity index (χ4v) is 12.7. The van der Waals surface area contributed by atoms with Crippen LogP contribution in [0.3, 0.4) is 0 Å². The first kappa shape index (κ1) is 33.3. The van der Waals surface area contributed by atoms with E-state index in [1.165, 1.54) is 0 Å². The largest absolute Gasteiger partial charge is 0.497 e. The molecule has 5 saturated carbocycles. The van der Waals surface area contributed by atoms with Crippen molar-refractivity contribution in [3.05, 3.63) is 65.2 Å². The van der Waals surface area contributed by atoms with Gasteiger partial charge in [0.05, 0.1) is 24.9 Å². The summed E-state index contributed by atoms with van der Waals surface area (Å²) in [6.07, 6.45) is 1.86. The first-order chi connectivity index (χ1) is 23.6. The Morgan fingerprint density at radius 1 is 0.980 bits per heavy atom. The number of ether oxygens (including phenoxy) is 4. The minimum Gasteiger partial charge on any atom is -0.497 e. The summed E-state index contributed by atoms with van der Waals surface area (Å²) in [7, 11) is 4.86. The van der Waals surface area contributed by atoms with Gasteiger partial charge in [-0.2, -0.15) is 0 Å². The molecule has 7 bridgehead atoms. The molecular weight excluding hydrogens is 626 g/mol. The molecule has 6 fully saturated rings. The monoisotopic (exact) mass is 675 g/mol. The van der Waals surface area contributed by atoms with E-state index in [0.29, 0.717) is 67.6 Å². The van der Waals surface area contributed by atoms with Gasteiger partial charge in [-0.05, 0) is 74.0 Å². The summed E-state index contributed by atoms with van der Waals surface area (Å²) < 4.78 is 24.1. The summed E-state index contributed by atoms with van der Waals surface area (Å²) >= 11 is 0. The van der Waals surface area contributed by atoms with Crippen molar-refractivity contribution in [1.29, 1.82) is 0 Å². The lowest BCUT2D eigenvalue weighted by molar-refractivity contribution is -0.333. The Kier molecular flexibility index (Phi) is 7.87. The molecule has 12 atom stereocenters. The first-order valence-electron chi connectivity index (χ1n) is 17.9. The molecule has 2 aromatic carbocycles. The lowest BCUT2D eigenvalue weighted by atomic mass is 9.42. The van der Waals surface area contributed by atoms with Crippen LogP contribution in [-0.4, -0.2) is 108 Å². The smallest absolute Gasteiger partial charge is 0.339 e. The van der Waals surface area contributed by atoms with E-state index in [9.17, 15) is 24.9 Å². The Balaban J connectivity index is 1.18. The molecule has 49 heavy (non-hydrogen) atoms. The fourth-order valence-electron chi connectivity index (χ4n) is 12.7. The van der Waals surface area contributed by atoms with E-state index in [0.717, 1.165) is 0 Å². The van der Waals surface area contributed by atoms with Crippen molar-refractivity contribution < 1.29 is 43.9 Å². The highest BCUT2D eigenvalue weighted by molar-refractivity contribution is 6.00. The highest BCUT2D eigenvalue weighted by Gasteiger charge is 2.88. The molecule has 6 aliphatic rings. The minimum atomic E-state index is -1.52. The number of piperidine rings is 1. The van der Waals surface area contributed by atoms with Gasteiger partial charge in [-0.3, -0.25) is 9.69 Å². The third kappa shape index (κ3) is 4.16. The number of aliphatic hydroxyl groups is 3. The van der Waals surface area contributed by atoms with Crippen LogP contribution in [0.2, 0.25) is 0 Å². The van der Waals surface area contributed by atoms with Crippen LogP contribution in [-0.2, 0) is 20.6 Å². The van der Waals surface area contributed by atoms with Gasteiger partial charge in [0.15, 0.2) is 5.78 Å².